The Morgan fingerprint density at radius 3 is 2.93 bits per heavy atom. The van der Waals surface area contributed by atoms with E-state index in [9.17, 15) is 5.11 Å². The number of nitrogens with zero attached hydrogens (tertiary/aromatic N) is 2. The van der Waals surface area contributed by atoms with Gasteiger partial charge in [0.05, 0.1) is 12.0 Å². The topological polar surface area (TPSA) is 109 Å². The van der Waals surface area contributed by atoms with Crippen LogP contribution in [0.1, 0.15) is 36.9 Å². The molecule has 0 radical (unpaired) electrons. The zero-order valence-electron chi connectivity index (χ0n) is 17.6. The predicted octanol–water partition coefficient (Wildman–Crippen LogP) is 1.88. The van der Waals surface area contributed by atoms with E-state index < -0.39 is 6.10 Å². The van der Waals surface area contributed by atoms with Gasteiger partial charge in [0.25, 0.3) is 0 Å². The van der Waals surface area contributed by atoms with Crippen LogP contribution < -0.4 is 15.4 Å². The highest BCUT2D eigenvalue weighted by atomic mass is 16.5. The molecule has 1 fully saturated rings. The highest BCUT2D eigenvalue weighted by Crippen LogP contribution is 2.17. The van der Waals surface area contributed by atoms with Gasteiger partial charge in [-0.25, -0.2) is 4.98 Å². The predicted molar refractivity (Wildman–Crippen MR) is 118 cm³/mol. The summed E-state index contributed by atoms with van der Waals surface area (Å²) in [5, 5.41) is 23.9. The molecule has 5 N–H and O–H groups in total. The van der Waals surface area contributed by atoms with E-state index in [0.717, 1.165) is 30.8 Å². The van der Waals surface area contributed by atoms with E-state index in [1.54, 1.807) is 6.33 Å². The Bertz CT molecular complexity index is 746. The molecular formula is C22H34N6O2. The van der Waals surface area contributed by atoms with E-state index in [-0.39, 0.29) is 19.1 Å². The van der Waals surface area contributed by atoms with Crippen LogP contribution in [-0.2, 0) is 13.0 Å². The Hall–Kier alpha value is -2.58. The Labute approximate surface area is 178 Å². The molecule has 0 saturated carbocycles. The smallest absolute Gasteiger partial charge is 0.188 e. The SMILES string of the molecule is N=C(NCCCc1c[nH]cn1)NCC(O)COc1cccc(CN2CCCCC2)c1. The number of ether oxygens (including phenoxy) is 1. The van der Waals surface area contributed by atoms with Crippen LogP contribution in [0, 0.1) is 5.41 Å². The number of H-pyrrole nitrogens is 1. The molecule has 1 saturated heterocycles. The van der Waals surface area contributed by atoms with E-state index in [2.05, 4.69) is 37.6 Å². The number of aliphatic hydroxyl groups is 1. The van der Waals surface area contributed by atoms with Crippen LogP contribution >= 0.6 is 0 Å². The highest BCUT2D eigenvalue weighted by molar-refractivity contribution is 5.76. The summed E-state index contributed by atoms with van der Waals surface area (Å²) in [6, 6.07) is 8.10. The molecule has 0 aliphatic carbocycles. The number of piperidine rings is 1. The van der Waals surface area contributed by atoms with Gasteiger partial charge in [-0.1, -0.05) is 18.6 Å². The van der Waals surface area contributed by atoms with Crippen molar-refractivity contribution in [3.05, 3.63) is 48.0 Å². The second-order valence-corrected chi connectivity index (χ2v) is 7.80. The molecule has 8 nitrogen and oxygen atoms in total. The molecular weight excluding hydrogens is 380 g/mol. The number of nitrogens with one attached hydrogen (secondary N) is 4. The summed E-state index contributed by atoms with van der Waals surface area (Å²) in [6.45, 7) is 4.40. The van der Waals surface area contributed by atoms with Gasteiger partial charge < -0.3 is 25.5 Å². The lowest BCUT2D eigenvalue weighted by Crippen LogP contribution is -2.42. The van der Waals surface area contributed by atoms with Crippen LogP contribution in [0.2, 0.25) is 0 Å². The molecule has 2 heterocycles. The molecule has 2 aromatic rings. The summed E-state index contributed by atoms with van der Waals surface area (Å²) < 4.78 is 5.76. The van der Waals surface area contributed by atoms with E-state index in [1.807, 2.05) is 18.3 Å². The molecule has 8 heteroatoms. The maximum Gasteiger partial charge on any atom is 0.188 e. The fourth-order valence-electron chi connectivity index (χ4n) is 3.55. The quantitative estimate of drug-likeness (QED) is 0.218. The molecule has 164 valence electrons. The van der Waals surface area contributed by atoms with Crippen molar-refractivity contribution in [2.75, 3.05) is 32.8 Å². The second kappa shape index (κ2) is 12.2. The van der Waals surface area contributed by atoms with E-state index in [1.165, 1.54) is 37.9 Å². The molecule has 1 aliphatic heterocycles. The lowest BCUT2D eigenvalue weighted by Gasteiger charge is -2.26. The van der Waals surface area contributed by atoms with Gasteiger partial charge in [-0.3, -0.25) is 10.3 Å². The normalized spacial score (nSPS) is 15.5. The first-order valence-corrected chi connectivity index (χ1v) is 10.8. The van der Waals surface area contributed by atoms with Crippen molar-refractivity contribution in [2.45, 2.75) is 44.8 Å². The number of aromatic amines is 1. The molecule has 30 heavy (non-hydrogen) atoms. The number of hydrogen-bond donors (Lipinski definition) is 5. The lowest BCUT2D eigenvalue weighted by atomic mass is 10.1. The average Bonchev–Trinajstić information content (AvgIpc) is 3.28. The van der Waals surface area contributed by atoms with Crippen molar-refractivity contribution in [3.63, 3.8) is 0 Å². The van der Waals surface area contributed by atoms with Crippen molar-refractivity contribution in [2.24, 2.45) is 0 Å². The molecule has 3 rings (SSSR count). The Morgan fingerprint density at radius 1 is 1.27 bits per heavy atom. The number of benzene rings is 1. The number of hydrogen-bond acceptors (Lipinski definition) is 5. The number of rotatable bonds is 11. The third-order valence-corrected chi connectivity index (χ3v) is 5.18. The lowest BCUT2D eigenvalue weighted by molar-refractivity contribution is 0.110. The number of likely N-dealkylation sites (tertiary alicyclic amines) is 1. The van der Waals surface area contributed by atoms with Gasteiger partial charge in [0.15, 0.2) is 5.96 Å². The van der Waals surface area contributed by atoms with Crippen molar-refractivity contribution >= 4 is 5.96 Å². The van der Waals surface area contributed by atoms with Crippen LogP contribution in [0.25, 0.3) is 0 Å². The third kappa shape index (κ3) is 8.04. The van der Waals surface area contributed by atoms with Crippen LogP contribution in [0.4, 0.5) is 0 Å². The fraction of sp³-hybridized carbons (Fsp3) is 0.545. The van der Waals surface area contributed by atoms with E-state index >= 15 is 0 Å². The Kier molecular flexibility index (Phi) is 8.99. The minimum absolute atomic E-state index is 0.187. The second-order valence-electron chi connectivity index (χ2n) is 7.80. The number of aromatic nitrogens is 2. The Morgan fingerprint density at radius 2 is 2.13 bits per heavy atom. The van der Waals surface area contributed by atoms with Crippen molar-refractivity contribution in [1.82, 2.24) is 25.5 Å². The zero-order valence-corrected chi connectivity index (χ0v) is 17.6. The molecule has 1 atom stereocenters. The number of imidazole rings is 1. The van der Waals surface area contributed by atoms with Gasteiger partial charge in [0.1, 0.15) is 18.5 Å². The van der Waals surface area contributed by atoms with Gasteiger partial charge in [0, 0.05) is 25.8 Å². The summed E-state index contributed by atoms with van der Waals surface area (Å²) in [4.78, 5) is 9.58. The summed E-state index contributed by atoms with van der Waals surface area (Å²) in [7, 11) is 0. The summed E-state index contributed by atoms with van der Waals surface area (Å²) in [6.07, 6.45) is 8.49. The third-order valence-electron chi connectivity index (χ3n) is 5.18. The summed E-state index contributed by atoms with van der Waals surface area (Å²) in [5.41, 5.74) is 2.26. The number of aryl methyl sites for hydroxylation is 1. The average molecular weight is 415 g/mol. The van der Waals surface area contributed by atoms with Gasteiger partial charge >= 0.3 is 0 Å². The molecule has 0 spiro atoms. The largest absolute Gasteiger partial charge is 0.491 e. The van der Waals surface area contributed by atoms with Crippen LogP contribution in [-0.4, -0.2) is 64.8 Å². The molecule has 0 bridgehead atoms. The molecule has 1 aromatic carbocycles. The number of aliphatic hydroxyl groups excluding tert-OH is 1. The van der Waals surface area contributed by atoms with Gasteiger partial charge in [-0.2, -0.15) is 0 Å². The highest BCUT2D eigenvalue weighted by Gasteiger charge is 2.11. The molecule has 1 aliphatic rings. The standard InChI is InChI=1S/C22H34N6O2/c23-22(25-9-5-7-19-13-24-17-27-19)26-14-20(29)16-30-21-8-4-6-18(12-21)15-28-10-2-1-3-11-28/h4,6,8,12-13,17,20,29H,1-3,5,7,9-11,14-16H2,(H,24,27)(H3,23,25,26). The van der Waals surface area contributed by atoms with Crippen LogP contribution in [0.3, 0.4) is 0 Å². The summed E-state index contributed by atoms with van der Waals surface area (Å²) in [5.74, 6) is 0.981. The fourth-order valence-corrected chi connectivity index (χ4v) is 3.55. The van der Waals surface area contributed by atoms with E-state index in [4.69, 9.17) is 10.1 Å². The first-order chi connectivity index (χ1) is 14.7. The first-order valence-electron chi connectivity index (χ1n) is 10.8. The van der Waals surface area contributed by atoms with Crippen LogP contribution in [0.5, 0.6) is 5.75 Å². The zero-order chi connectivity index (χ0) is 21.0. The molecule has 1 unspecified atom stereocenters. The van der Waals surface area contributed by atoms with Crippen molar-refractivity contribution in [1.29, 1.82) is 5.41 Å². The minimum Gasteiger partial charge on any atom is -0.491 e. The van der Waals surface area contributed by atoms with Crippen LogP contribution in [0.15, 0.2) is 36.8 Å². The van der Waals surface area contributed by atoms with Gasteiger partial charge in [-0.05, 0) is 56.5 Å². The maximum absolute atomic E-state index is 10.2. The van der Waals surface area contributed by atoms with Crippen molar-refractivity contribution < 1.29 is 9.84 Å². The number of guanidine groups is 1. The van der Waals surface area contributed by atoms with E-state index in [0.29, 0.717) is 6.54 Å². The van der Waals surface area contributed by atoms with Gasteiger partial charge in [0.2, 0.25) is 0 Å². The molecule has 0 amide bonds. The molecule has 1 aromatic heterocycles. The maximum atomic E-state index is 10.2. The monoisotopic (exact) mass is 414 g/mol. The van der Waals surface area contributed by atoms with Gasteiger partial charge in [-0.15, -0.1) is 0 Å². The van der Waals surface area contributed by atoms with Crippen molar-refractivity contribution in [3.8, 4) is 5.75 Å². The summed E-state index contributed by atoms with van der Waals surface area (Å²) >= 11 is 0. The first kappa shape index (κ1) is 22.1. The Balaban J connectivity index is 1.28. The minimum atomic E-state index is -0.693.